The van der Waals surface area contributed by atoms with E-state index in [9.17, 15) is 13.8 Å². The molecule has 0 radical (unpaired) electrons. The van der Waals surface area contributed by atoms with Crippen LogP contribution in [0, 0.1) is 11.8 Å². The predicted molar refractivity (Wildman–Crippen MR) is 186 cm³/mol. The van der Waals surface area contributed by atoms with Crippen LogP contribution in [0.4, 0.5) is 5.69 Å². The van der Waals surface area contributed by atoms with Gasteiger partial charge in [-0.15, -0.1) is 0 Å². The molecular weight excluding hydrogens is 636 g/mol. The lowest BCUT2D eigenvalue weighted by Crippen LogP contribution is -2.50. The number of hydrogen-bond acceptors (Lipinski definition) is 7. The van der Waals surface area contributed by atoms with Gasteiger partial charge in [-0.05, 0) is 111 Å². The Morgan fingerprint density at radius 1 is 1.13 bits per heavy atom. The van der Waals surface area contributed by atoms with Gasteiger partial charge in [0.1, 0.15) is 5.75 Å². The highest BCUT2D eigenvalue weighted by Crippen LogP contribution is 2.47. The summed E-state index contributed by atoms with van der Waals surface area (Å²) in [5.74, 6) is 4.60. The normalized spacial score (nSPS) is 34.6. The van der Waals surface area contributed by atoms with Gasteiger partial charge >= 0.3 is 5.97 Å². The summed E-state index contributed by atoms with van der Waals surface area (Å²) in [6.45, 7) is 4.36. The maximum atomic E-state index is 13.8. The number of benzene rings is 2. The van der Waals surface area contributed by atoms with Crippen LogP contribution in [0.15, 0.2) is 48.6 Å². The van der Waals surface area contributed by atoms with E-state index in [1.807, 2.05) is 25.1 Å². The molecule has 2 bridgehead atoms. The van der Waals surface area contributed by atoms with Crippen molar-refractivity contribution >= 4 is 44.7 Å². The summed E-state index contributed by atoms with van der Waals surface area (Å²) in [4.78, 5) is 28.5. The summed E-state index contributed by atoms with van der Waals surface area (Å²) >= 11 is 6.45. The summed E-state index contributed by atoms with van der Waals surface area (Å²) in [6.07, 6.45) is 10.9. The molecule has 2 fully saturated rings. The Hall–Kier alpha value is -3.01. The number of ether oxygens (including phenoxy) is 3. The van der Waals surface area contributed by atoms with Gasteiger partial charge in [0.2, 0.25) is 0 Å². The van der Waals surface area contributed by atoms with Crippen LogP contribution in [-0.4, -0.2) is 65.7 Å². The summed E-state index contributed by atoms with van der Waals surface area (Å²) < 4.78 is 35.0. The highest BCUT2D eigenvalue weighted by molar-refractivity contribution is 7.99. The third kappa shape index (κ3) is 6.43. The lowest BCUT2D eigenvalue weighted by atomic mass is 9.68. The van der Waals surface area contributed by atoms with Crippen molar-refractivity contribution in [3.05, 3.63) is 70.3 Å². The Bertz CT molecular complexity index is 1680. The summed E-state index contributed by atoms with van der Waals surface area (Å²) in [6, 6.07) is 11.8. The molecule has 7 rings (SSSR count). The van der Waals surface area contributed by atoms with Crippen molar-refractivity contribution in [3.8, 4) is 5.75 Å². The lowest BCUT2D eigenvalue weighted by Gasteiger charge is -2.46. The molecule has 0 aromatic heterocycles. The Labute approximate surface area is 283 Å². The number of cyclic esters (lactones) is 1. The molecule has 1 unspecified atom stereocenters. The van der Waals surface area contributed by atoms with E-state index in [-0.39, 0.29) is 34.6 Å². The number of aryl methyl sites for hydroxylation is 1. The molecule has 7 atom stereocenters. The Morgan fingerprint density at radius 3 is 2.77 bits per heavy atom. The van der Waals surface area contributed by atoms with Gasteiger partial charge < -0.3 is 19.1 Å². The lowest BCUT2D eigenvalue weighted by molar-refractivity contribution is -0.152. The number of nitrogens with zero attached hydrogens (tertiary/aromatic N) is 1. The summed E-state index contributed by atoms with van der Waals surface area (Å²) in [5.41, 5.74) is 3.60. The largest absolute Gasteiger partial charge is 0.490 e. The van der Waals surface area contributed by atoms with E-state index in [0.29, 0.717) is 50.4 Å². The first-order valence-corrected chi connectivity index (χ1v) is 19.3. The first-order valence-electron chi connectivity index (χ1n) is 17.1. The van der Waals surface area contributed by atoms with Crippen molar-refractivity contribution in [1.82, 2.24) is 4.72 Å². The van der Waals surface area contributed by atoms with E-state index < -0.39 is 15.8 Å². The molecule has 3 heterocycles. The summed E-state index contributed by atoms with van der Waals surface area (Å²) in [5, 5.41) is 0.458. The number of amides is 1. The predicted octanol–water partition coefficient (Wildman–Crippen LogP) is 6.03. The number of nitrogens with one attached hydrogen (secondary N) is 1. The molecule has 1 saturated carbocycles. The zero-order valence-electron chi connectivity index (χ0n) is 27.1. The van der Waals surface area contributed by atoms with Gasteiger partial charge in [-0.25, -0.2) is 9.00 Å². The van der Waals surface area contributed by atoms with Gasteiger partial charge in [0, 0.05) is 40.8 Å². The van der Waals surface area contributed by atoms with Crippen molar-refractivity contribution < 1.29 is 28.0 Å². The molecule has 3 aliphatic heterocycles. The van der Waals surface area contributed by atoms with Crippen molar-refractivity contribution in [3.63, 3.8) is 0 Å². The van der Waals surface area contributed by atoms with Crippen LogP contribution in [0.2, 0.25) is 5.02 Å². The van der Waals surface area contributed by atoms with Crippen LogP contribution in [0.25, 0.3) is 0 Å². The van der Waals surface area contributed by atoms with E-state index in [1.165, 1.54) is 11.1 Å². The highest BCUT2D eigenvalue weighted by Gasteiger charge is 2.45. The standard InChI is InChI=1S/C37H45ClN2O6S/c1-3-28-8-4-5-9-32(46-34-16-18-44-36(34)42)29-13-10-26(29)21-40-22-37(17-6-7-24-19-27(38)12-14-30(24)37)23-45-33-15-11-25(20-31(33)40)35(41)39-47(28,2)43/h5,9,11-12,14-15,19-20,26,28-29,32,34H,2-4,6-8,10,13,16-18,21-23H2,1H3,(H,39,41,43)/b9-5+/t26-,28+,29+,32-,34-,37-,47?/m0/s1. The average molecular weight is 681 g/mol. The molecule has 1 amide bonds. The number of halogens is 1. The van der Waals surface area contributed by atoms with Gasteiger partial charge in [0.25, 0.3) is 5.91 Å². The molecule has 1 N–H and O–H groups in total. The van der Waals surface area contributed by atoms with Gasteiger partial charge in [-0.1, -0.05) is 36.7 Å². The Morgan fingerprint density at radius 2 is 2.00 bits per heavy atom. The van der Waals surface area contributed by atoms with Crippen molar-refractivity contribution in [2.45, 2.75) is 87.6 Å². The minimum Gasteiger partial charge on any atom is -0.490 e. The van der Waals surface area contributed by atoms with Crippen LogP contribution >= 0.6 is 11.6 Å². The van der Waals surface area contributed by atoms with E-state index in [2.05, 4.69) is 39.8 Å². The maximum Gasteiger partial charge on any atom is 0.335 e. The number of anilines is 1. The summed E-state index contributed by atoms with van der Waals surface area (Å²) in [7, 11) is -2.93. The number of esters is 1. The molecule has 5 aliphatic rings. The molecule has 2 aromatic carbocycles. The number of carbonyl (C=O) groups excluding carboxylic acids is 2. The van der Waals surface area contributed by atoms with Gasteiger partial charge in [0.05, 0.1) is 34.7 Å². The fourth-order valence-electron chi connectivity index (χ4n) is 8.35. The third-order valence-electron chi connectivity index (χ3n) is 11.1. The molecule has 2 aromatic rings. The zero-order valence-corrected chi connectivity index (χ0v) is 28.7. The second-order valence-corrected chi connectivity index (χ2v) is 16.8. The molecule has 1 spiro atoms. The number of allylic oxidation sites excluding steroid dienone is 1. The van der Waals surface area contributed by atoms with Crippen LogP contribution in [0.3, 0.4) is 0 Å². The Kier molecular flexibility index (Phi) is 9.09. The van der Waals surface area contributed by atoms with Crippen molar-refractivity contribution in [1.29, 1.82) is 0 Å². The van der Waals surface area contributed by atoms with Crippen LogP contribution in [0.5, 0.6) is 5.75 Å². The quantitative estimate of drug-likeness (QED) is 0.240. The van der Waals surface area contributed by atoms with Crippen LogP contribution in [-0.2, 0) is 35.8 Å². The molecule has 8 nitrogen and oxygen atoms in total. The van der Waals surface area contributed by atoms with Crippen molar-refractivity contribution in [2.24, 2.45) is 11.8 Å². The van der Waals surface area contributed by atoms with Gasteiger partial charge in [-0.2, -0.15) is 0 Å². The number of hydrogen-bond donors (Lipinski definition) is 1. The third-order valence-corrected chi connectivity index (χ3v) is 13.5. The molecule has 2 aliphatic carbocycles. The first kappa shape index (κ1) is 32.5. The second kappa shape index (κ2) is 13.1. The molecule has 252 valence electrons. The van der Waals surface area contributed by atoms with Crippen molar-refractivity contribution in [2.75, 3.05) is 31.2 Å². The molecule has 10 heteroatoms. The fraction of sp³-hybridized carbons (Fsp3) is 0.541. The van der Waals surface area contributed by atoms with Gasteiger partial charge in [-0.3, -0.25) is 9.52 Å². The Balaban J connectivity index is 1.29. The topological polar surface area (TPSA) is 94.2 Å². The average Bonchev–Trinajstić information content (AvgIpc) is 3.36. The van der Waals surface area contributed by atoms with E-state index in [0.717, 1.165) is 61.7 Å². The minimum absolute atomic E-state index is 0.221. The number of rotatable bonds is 3. The van der Waals surface area contributed by atoms with Gasteiger partial charge in [0.15, 0.2) is 6.10 Å². The van der Waals surface area contributed by atoms with E-state index in [4.69, 9.17) is 25.8 Å². The monoisotopic (exact) mass is 680 g/mol. The maximum absolute atomic E-state index is 13.8. The van der Waals surface area contributed by atoms with E-state index in [1.54, 1.807) is 6.07 Å². The number of fused-ring (bicyclic) bond motifs is 4. The number of carbonyl (C=O) groups is 2. The molecule has 1 saturated heterocycles. The first-order chi connectivity index (χ1) is 22.7. The van der Waals surface area contributed by atoms with Crippen LogP contribution < -0.4 is 14.4 Å². The molecular formula is C37H45ClN2O6S. The SMILES string of the molecule is C=S1(=O)NC(=O)c2ccc3c(c2)N(C[C@@H]2CC[C@H]2[C@@H](O[C@H]2CCOC2=O)/C=C/CC[C@H]1CC)C[C@@]1(CCCc2cc(Cl)ccc21)CO3. The minimum atomic E-state index is -2.93. The van der Waals surface area contributed by atoms with E-state index >= 15 is 0 Å². The smallest absolute Gasteiger partial charge is 0.335 e. The zero-order chi connectivity index (χ0) is 32.8. The molecule has 47 heavy (non-hydrogen) atoms. The highest BCUT2D eigenvalue weighted by atomic mass is 35.5. The fourth-order valence-corrected chi connectivity index (χ4v) is 10.2. The van der Waals surface area contributed by atoms with Crippen LogP contribution in [0.1, 0.15) is 79.8 Å². The second-order valence-electron chi connectivity index (χ2n) is 14.0.